The third-order valence-electron chi connectivity index (χ3n) is 6.60. The summed E-state index contributed by atoms with van der Waals surface area (Å²) in [6.07, 6.45) is 0.0461. The van der Waals surface area contributed by atoms with Gasteiger partial charge < -0.3 is 25.5 Å². The lowest BCUT2D eigenvalue weighted by atomic mass is 10.0. The van der Waals surface area contributed by atoms with Gasteiger partial charge in [0, 0.05) is 37.8 Å². The topological polar surface area (TPSA) is 186 Å². The van der Waals surface area contributed by atoms with Gasteiger partial charge in [0.25, 0.3) is 5.91 Å². The van der Waals surface area contributed by atoms with Gasteiger partial charge in [-0.25, -0.2) is 18.4 Å². The molecule has 1 aromatic heterocycles. The van der Waals surface area contributed by atoms with E-state index in [2.05, 4.69) is 5.32 Å². The summed E-state index contributed by atoms with van der Waals surface area (Å²) < 4.78 is 60.2. The summed E-state index contributed by atoms with van der Waals surface area (Å²) in [7, 11) is -3.78. The van der Waals surface area contributed by atoms with Crippen molar-refractivity contribution in [1.82, 2.24) is 10.2 Å². The van der Waals surface area contributed by atoms with Crippen LogP contribution in [0, 0.1) is 0 Å². The van der Waals surface area contributed by atoms with Crippen molar-refractivity contribution in [3.05, 3.63) is 120 Å². The number of benzene rings is 3. The van der Waals surface area contributed by atoms with Crippen LogP contribution in [-0.2, 0) is 32.6 Å². The molecule has 0 aliphatic carbocycles. The molecular formula is C33H33F3N4O7S. The highest BCUT2D eigenvalue weighted by Crippen LogP contribution is 2.23. The Hall–Kier alpha value is -5.25. The van der Waals surface area contributed by atoms with Crippen LogP contribution < -0.4 is 16.2 Å². The van der Waals surface area contributed by atoms with Crippen molar-refractivity contribution in [1.29, 1.82) is 0 Å². The first-order valence-corrected chi connectivity index (χ1v) is 15.8. The van der Waals surface area contributed by atoms with Gasteiger partial charge in [-0.05, 0) is 77.2 Å². The van der Waals surface area contributed by atoms with Crippen molar-refractivity contribution >= 4 is 33.9 Å². The van der Waals surface area contributed by atoms with Crippen molar-refractivity contribution in [2.24, 2.45) is 10.9 Å². The standard InChI is InChI=1S/C31H32N4O5S.C2HF3O2/c32-16-17-34-31(37)27-7-2-6-26(21-27)25-5-1-4-24(20-25)22-35(30(36)14-11-28-8-3-19-40-28)18-15-23-9-12-29(13-10-23)41(33,38)39;3-2(4,5)1(6)7/h1-14,19-21H,15-18,22,32H2,(H,34,37)(H2,33,38,39);(H,6,7). The number of furan rings is 1. The molecule has 0 saturated heterocycles. The Kier molecular flexibility index (Phi) is 13.2. The Morgan fingerprint density at radius 1 is 0.917 bits per heavy atom. The average Bonchev–Trinajstić information content (AvgIpc) is 3.58. The molecule has 15 heteroatoms. The van der Waals surface area contributed by atoms with Gasteiger partial charge >= 0.3 is 12.1 Å². The van der Waals surface area contributed by atoms with Crippen molar-refractivity contribution in [2.45, 2.75) is 24.0 Å². The summed E-state index contributed by atoms with van der Waals surface area (Å²) in [4.78, 5) is 36.3. The molecule has 2 amide bonds. The largest absolute Gasteiger partial charge is 0.490 e. The number of primary sulfonamides is 1. The number of rotatable bonds is 12. The molecule has 4 rings (SSSR count). The first-order chi connectivity index (χ1) is 22.7. The second-order valence-electron chi connectivity index (χ2n) is 10.2. The van der Waals surface area contributed by atoms with E-state index in [1.54, 1.807) is 41.3 Å². The smallest absolute Gasteiger partial charge is 0.475 e. The summed E-state index contributed by atoms with van der Waals surface area (Å²) in [5, 5.41) is 15.1. The highest BCUT2D eigenvalue weighted by molar-refractivity contribution is 7.89. The maximum Gasteiger partial charge on any atom is 0.490 e. The molecule has 1 heterocycles. The summed E-state index contributed by atoms with van der Waals surface area (Å²) in [5.74, 6) is -2.58. The van der Waals surface area contributed by atoms with Gasteiger partial charge in [0.15, 0.2) is 0 Å². The van der Waals surface area contributed by atoms with E-state index in [-0.39, 0.29) is 16.7 Å². The molecule has 11 nitrogen and oxygen atoms in total. The van der Waals surface area contributed by atoms with E-state index in [9.17, 15) is 31.2 Å². The molecule has 0 radical (unpaired) electrons. The zero-order chi connectivity index (χ0) is 35.3. The van der Waals surface area contributed by atoms with Crippen LogP contribution >= 0.6 is 0 Å². The number of halogens is 3. The number of nitrogens with zero attached hydrogens (tertiary/aromatic N) is 1. The minimum Gasteiger partial charge on any atom is -0.475 e. The highest BCUT2D eigenvalue weighted by atomic mass is 32.2. The third kappa shape index (κ3) is 11.8. The van der Waals surface area contributed by atoms with Gasteiger partial charge in [-0.3, -0.25) is 9.59 Å². The molecule has 0 saturated carbocycles. The summed E-state index contributed by atoms with van der Waals surface area (Å²) >= 11 is 0. The summed E-state index contributed by atoms with van der Waals surface area (Å²) in [6, 6.07) is 25.0. The Morgan fingerprint density at radius 2 is 1.56 bits per heavy atom. The number of carboxylic acids is 1. The number of carboxylic acid groups (broad SMARTS) is 1. The van der Waals surface area contributed by atoms with E-state index in [0.717, 1.165) is 22.3 Å². The normalized spacial score (nSPS) is 11.4. The number of carbonyl (C=O) groups is 3. The Bertz CT molecular complexity index is 1830. The van der Waals surface area contributed by atoms with Crippen molar-refractivity contribution < 1.29 is 45.5 Å². The number of sulfonamides is 1. The van der Waals surface area contributed by atoms with E-state index in [1.807, 2.05) is 42.5 Å². The molecule has 0 bridgehead atoms. The van der Waals surface area contributed by atoms with Gasteiger partial charge in [0.2, 0.25) is 15.9 Å². The lowest BCUT2D eigenvalue weighted by Gasteiger charge is -2.22. The van der Waals surface area contributed by atoms with Gasteiger partial charge in [-0.15, -0.1) is 0 Å². The fraction of sp³-hybridized carbons (Fsp3) is 0.182. The number of hydrogen-bond acceptors (Lipinski definition) is 7. The monoisotopic (exact) mass is 686 g/mol. The van der Waals surface area contributed by atoms with Crippen LogP contribution in [0.15, 0.2) is 107 Å². The summed E-state index contributed by atoms with van der Waals surface area (Å²) in [5.41, 5.74) is 9.59. The number of hydrogen-bond donors (Lipinski definition) is 4. The molecule has 0 unspecified atom stereocenters. The molecule has 0 atom stereocenters. The Morgan fingerprint density at radius 3 is 2.15 bits per heavy atom. The number of carbonyl (C=O) groups excluding carboxylic acids is 2. The number of amides is 2. The second kappa shape index (κ2) is 17.1. The molecular weight excluding hydrogens is 653 g/mol. The average molecular weight is 687 g/mol. The molecule has 3 aromatic carbocycles. The van der Waals surface area contributed by atoms with E-state index in [0.29, 0.717) is 43.9 Å². The van der Waals surface area contributed by atoms with Crippen molar-refractivity contribution in [3.8, 4) is 11.1 Å². The van der Waals surface area contributed by atoms with Gasteiger partial charge in [0.05, 0.1) is 11.2 Å². The Balaban J connectivity index is 0.000000804. The number of aliphatic carboxylic acids is 1. The van der Waals surface area contributed by atoms with Gasteiger partial charge in [-0.1, -0.05) is 42.5 Å². The molecule has 48 heavy (non-hydrogen) atoms. The predicted molar refractivity (Wildman–Crippen MR) is 172 cm³/mol. The lowest BCUT2D eigenvalue weighted by molar-refractivity contribution is -0.192. The molecule has 6 N–H and O–H groups in total. The highest BCUT2D eigenvalue weighted by Gasteiger charge is 2.38. The van der Waals surface area contributed by atoms with Crippen LogP contribution in [0.1, 0.15) is 27.2 Å². The molecule has 0 fully saturated rings. The van der Waals surface area contributed by atoms with Crippen LogP contribution in [-0.4, -0.2) is 62.0 Å². The fourth-order valence-electron chi connectivity index (χ4n) is 4.22. The van der Waals surface area contributed by atoms with Crippen molar-refractivity contribution in [2.75, 3.05) is 19.6 Å². The van der Waals surface area contributed by atoms with Crippen LogP contribution in [0.3, 0.4) is 0 Å². The van der Waals surface area contributed by atoms with Crippen molar-refractivity contribution in [3.63, 3.8) is 0 Å². The number of nitrogens with one attached hydrogen (secondary N) is 1. The predicted octanol–water partition coefficient (Wildman–Crippen LogP) is 4.20. The van der Waals surface area contributed by atoms with Crippen LogP contribution in [0.5, 0.6) is 0 Å². The maximum absolute atomic E-state index is 13.3. The molecule has 254 valence electrons. The molecule has 0 spiro atoms. The van der Waals surface area contributed by atoms with Gasteiger partial charge in [-0.2, -0.15) is 13.2 Å². The lowest BCUT2D eigenvalue weighted by Crippen LogP contribution is -2.31. The zero-order valence-electron chi connectivity index (χ0n) is 25.4. The van der Waals surface area contributed by atoms with E-state index in [4.69, 9.17) is 25.2 Å². The van der Waals surface area contributed by atoms with Crippen LogP contribution in [0.2, 0.25) is 0 Å². The SMILES string of the molecule is NCCNC(=O)c1cccc(-c2cccc(CN(CCc3ccc(S(N)(=O)=O)cc3)C(=O)C=Cc3ccco3)c2)c1.O=C(O)C(F)(F)F. The third-order valence-corrected chi connectivity index (χ3v) is 7.53. The first kappa shape index (κ1) is 37.2. The quantitative estimate of drug-likeness (QED) is 0.160. The minimum absolute atomic E-state index is 0.0355. The first-order valence-electron chi connectivity index (χ1n) is 14.3. The van der Waals surface area contributed by atoms with E-state index < -0.39 is 22.2 Å². The van der Waals surface area contributed by atoms with Gasteiger partial charge in [0.1, 0.15) is 5.76 Å². The second-order valence-corrected chi connectivity index (χ2v) is 11.7. The van der Waals surface area contributed by atoms with E-state index in [1.165, 1.54) is 24.5 Å². The molecule has 0 aliphatic rings. The molecule has 4 aromatic rings. The van der Waals surface area contributed by atoms with Crippen LogP contribution in [0.4, 0.5) is 13.2 Å². The zero-order valence-corrected chi connectivity index (χ0v) is 26.2. The fourth-order valence-corrected chi connectivity index (χ4v) is 4.73. The number of nitrogens with two attached hydrogens (primary N) is 2. The van der Waals surface area contributed by atoms with Crippen LogP contribution in [0.25, 0.3) is 17.2 Å². The Labute approximate surface area is 274 Å². The van der Waals surface area contributed by atoms with E-state index >= 15 is 0 Å². The summed E-state index contributed by atoms with van der Waals surface area (Å²) in [6.45, 7) is 1.48. The molecule has 0 aliphatic heterocycles. The number of alkyl halides is 3. The minimum atomic E-state index is -5.08. The maximum atomic E-state index is 13.3.